The number of hydrogen-bond acceptors (Lipinski definition) is 3. The van der Waals surface area contributed by atoms with Crippen molar-refractivity contribution in [2.45, 2.75) is 13.8 Å². The summed E-state index contributed by atoms with van der Waals surface area (Å²) in [6.07, 6.45) is 2.01. The SMILES string of the molecule is CCOC(=O)c1ccccc1.Cc1cn2nc1-2. The Kier molecular flexibility index (Phi) is 3.23. The molecule has 4 nitrogen and oxygen atoms in total. The Hall–Kier alpha value is -2.10. The molecular formula is C13H14N2O2. The summed E-state index contributed by atoms with van der Waals surface area (Å²) in [5, 5.41) is 3.91. The van der Waals surface area contributed by atoms with E-state index in [9.17, 15) is 4.79 Å². The molecule has 0 bridgehead atoms. The highest BCUT2D eigenvalue weighted by Gasteiger charge is 2.18. The van der Waals surface area contributed by atoms with Crippen molar-refractivity contribution < 1.29 is 9.53 Å². The minimum atomic E-state index is -0.256. The van der Waals surface area contributed by atoms with Gasteiger partial charge in [-0.15, -0.1) is 5.10 Å². The molecule has 0 aliphatic carbocycles. The van der Waals surface area contributed by atoms with Gasteiger partial charge < -0.3 is 4.74 Å². The van der Waals surface area contributed by atoms with E-state index in [0.717, 1.165) is 0 Å². The predicted molar refractivity (Wildman–Crippen MR) is 64.3 cm³/mol. The van der Waals surface area contributed by atoms with E-state index in [1.807, 2.05) is 29.1 Å². The lowest BCUT2D eigenvalue weighted by molar-refractivity contribution is 0.0526. The Labute approximate surface area is 99.8 Å². The normalized spacial score (nSPS) is 10.2. The number of carbonyl (C=O) groups excluding carboxylic acids is 1. The van der Waals surface area contributed by atoms with E-state index in [4.69, 9.17) is 4.74 Å². The van der Waals surface area contributed by atoms with Gasteiger partial charge in [0.2, 0.25) is 0 Å². The van der Waals surface area contributed by atoms with E-state index in [-0.39, 0.29) is 5.97 Å². The third-order valence-corrected chi connectivity index (χ3v) is 2.33. The van der Waals surface area contributed by atoms with E-state index in [1.54, 1.807) is 19.1 Å². The quantitative estimate of drug-likeness (QED) is 0.635. The molecule has 0 spiro atoms. The summed E-state index contributed by atoms with van der Waals surface area (Å²) >= 11 is 0. The molecule has 1 aromatic carbocycles. The molecule has 3 rings (SSSR count). The lowest BCUT2D eigenvalue weighted by atomic mass is 10.2. The van der Waals surface area contributed by atoms with E-state index >= 15 is 0 Å². The number of ether oxygens (including phenoxy) is 1. The summed E-state index contributed by atoms with van der Waals surface area (Å²) in [6, 6.07) is 8.96. The predicted octanol–water partition coefficient (Wildman–Crippen LogP) is 2.36. The Balaban J connectivity index is 0.000000148. The van der Waals surface area contributed by atoms with Crippen LogP contribution in [-0.2, 0) is 4.74 Å². The van der Waals surface area contributed by atoms with Gasteiger partial charge in [0.05, 0.1) is 12.2 Å². The van der Waals surface area contributed by atoms with Crippen LogP contribution in [0.3, 0.4) is 0 Å². The second kappa shape index (κ2) is 4.82. The molecule has 17 heavy (non-hydrogen) atoms. The first kappa shape index (κ1) is 11.4. The van der Waals surface area contributed by atoms with Crippen LogP contribution in [0, 0.1) is 6.92 Å². The van der Waals surface area contributed by atoms with Crippen LogP contribution in [0.2, 0.25) is 0 Å². The van der Waals surface area contributed by atoms with Gasteiger partial charge in [-0.25, -0.2) is 9.48 Å². The molecule has 0 saturated carbocycles. The summed E-state index contributed by atoms with van der Waals surface area (Å²) in [5.74, 6) is 0.920. The first-order valence-corrected chi connectivity index (χ1v) is 5.51. The summed E-state index contributed by atoms with van der Waals surface area (Å²) in [6.45, 7) is 4.27. The molecule has 0 unspecified atom stereocenters. The number of carbonyl (C=O) groups is 1. The number of aryl methyl sites for hydroxylation is 1. The molecule has 0 atom stereocenters. The smallest absolute Gasteiger partial charge is 0.338 e. The van der Waals surface area contributed by atoms with Crippen molar-refractivity contribution in [3.63, 3.8) is 0 Å². The molecule has 0 N–H and O–H groups in total. The number of benzene rings is 1. The number of fused-ring (bicyclic) bond motifs is 1. The Morgan fingerprint density at radius 1 is 1.35 bits per heavy atom. The fourth-order valence-electron chi connectivity index (χ4n) is 1.39. The second-order valence-corrected chi connectivity index (χ2v) is 3.67. The molecule has 88 valence electrons. The van der Waals surface area contributed by atoms with Crippen molar-refractivity contribution in [2.75, 3.05) is 6.61 Å². The first-order valence-electron chi connectivity index (χ1n) is 5.51. The topological polar surface area (TPSA) is 44.1 Å². The minimum absolute atomic E-state index is 0.256. The molecule has 0 radical (unpaired) electrons. The number of esters is 1. The maximum absolute atomic E-state index is 11.0. The fraction of sp³-hybridized carbons (Fsp3) is 0.231. The zero-order valence-corrected chi connectivity index (χ0v) is 9.88. The van der Waals surface area contributed by atoms with Gasteiger partial charge in [0.15, 0.2) is 5.82 Å². The average molecular weight is 230 g/mol. The van der Waals surface area contributed by atoms with Crippen molar-refractivity contribution >= 4 is 5.97 Å². The van der Waals surface area contributed by atoms with Crippen molar-refractivity contribution in [1.29, 1.82) is 0 Å². The zero-order valence-electron chi connectivity index (χ0n) is 9.88. The van der Waals surface area contributed by atoms with Crippen LogP contribution in [0.25, 0.3) is 5.82 Å². The number of aromatic nitrogens is 2. The number of hydrogen-bond donors (Lipinski definition) is 0. The van der Waals surface area contributed by atoms with Gasteiger partial charge in [-0.1, -0.05) is 18.2 Å². The molecule has 0 saturated heterocycles. The highest BCUT2D eigenvalue weighted by atomic mass is 16.5. The average Bonchev–Trinajstić information content (AvgIpc) is 3.03. The molecule has 0 aromatic heterocycles. The molecule has 4 heteroatoms. The summed E-state index contributed by atoms with van der Waals surface area (Å²) in [5.41, 5.74) is 1.92. The van der Waals surface area contributed by atoms with Crippen LogP contribution in [-0.4, -0.2) is 22.4 Å². The van der Waals surface area contributed by atoms with Gasteiger partial charge >= 0.3 is 5.97 Å². The molecule has 2 aliphatic rings. The van der Waals surface area contributed by atoms with Crippen LogP contribution < -0.4 is 0 Å². The van der Waals surface area contributed by atoms with E-state index in [1.165, 1.54) is 11.4 Å². The maximum atomic E-state index is 11.0. The fourth-order valence-corrected chi connectivity index (χ4v) is 1.39. The largest absolute Gasteiger partial charge is 0.462 e. The zero-order chi connectivity index (χ0) is 12.3. The molecule has 0 amide bonds. The molecule has 0 fully saturated rings. The lowest BCUT2D eigenvalue weighted by Crippen LogP contribution is -2.03. The van der Waals surface area contributed by atoms with Gasteiger partial charge in [0.1, 0.15) is 0 Å². The van der Waals surface area contributed by atoms with Gasteiger partial charge in [0.25, 0.3) is 0 Å². The standard InChI is InChI=1S/C9H10O2.C4H4N2/c1-2-11-9(10)8-6-4-3-5-7-8;1-3-2-6-4(3)5-6/h3-7H,2H2,1H3;2H,1H3. The summed E-state index contributed by atoms with van der Waals surface area (Å²) in [7, 11) is 0. The third-order valence-electron chi connectivity index (χ3n) is 2.33. The van der Waals surface area contributed by atoms with Crippen LogP contribution >= 0.6 is 0 Å². The third kappa shape index (κ3) is 2.72. The molecule has 2 heterocycles. The lowest BCUT2D eigenvalue weighted by Gasteiger charge is -1.99. The Morgan fingerprint density at radius 2 is 2.06 bits per heavy atom. The van der Waals surface area contributed by atoms with Gasteiger partial charge in [-0.2, -0.15) is 0 Å². The minimum Gasteiger partial charge on any atom is -0.462 e. The number of nitrogens with zero attached hydrogens (tertiary/aromatic N) is 2. The van der Waals surface area contributed by atoms with Crippen LogP contribution in [0.15, 0.2) is 36.5 Å². The Bertz CT molecular complexity index is 517. The highest BCUT2D eigenvalue weighted by molar-refractivity contribution is 5.89. The van der Waals surface area contributed by atoms with Crippen LogP contribution in [0.5, 0.6) is 0 Å². The molecule has 2 aliphatic heterocycles. The number of rotatable bonds is 2. The van der Waals surface area contributed by atoms with Crippen molar-refractivity contribution in [2.24, 2.45) is 0 Å². The van der Waals surface area contributed by atoms with Crippen molar-refractivity contribution in [1.82, 2.24) is 9.78 Å². The van der Waals surface area contributed by atoms with Crippen LogP contribution in [0.1, 0.15) is 22.8 Å². The summed E-state index contributed by atoms with van der Waals surface area (Å²) < 4.78 is 6.66. The van der Waals surface area contributed by atoms with Crippen molar-refractivity contribution in [3.05, 3.63) is 47.7 Å². The monoisotopic (exact) mass is 230 g/mol. The molecular weight excluding hydrogens is 216 g/mol. The van der Waals surface area contributed by atoms with E-state index < -0.39 is 0 Å². The highest BCUT2D eigenvalue weighted by Crippen LogP contribution is 2.21. The van der Waals surface area contributed by atoms with Gasteiger partial charge in [-0.05, 0) is 26.0 Å². The Morgan fingerprint density at radius 3 is 2.41 bits per heavy atom. The maximum Gasteiger partial charge on any atom is 0.338 e. The van der Waals surface area contributed by atoms with Crippen LogP contribution in [0.4, 0.5) is 0 Å². The summed E-state index contributed by atoms with van der Waals surface area (Å²) in [4.78, 5) is 11.0. The second-order valence-electron chi connectivity index (χ2n) is 3.67. The van der Waals surface area contributed by atoms with Gasteiger partial charge in [0, 0.05) is 11.8 Å². The van der Waals surface area contributed by atoms with Gasteiger partial charge in [-0.3, -0.25) is 0 Å². The first-order chi connectivity index (χ1) is 8.22. The van der Waals surface area contributed by atoms with E-state index in [0.29, 0.717) is 12.2 Å². The molecule has 1 aromatic rings. The van der Waals surface area contributed by atoms with E-state index in [2.05, 4.69) is 12.0 Å². The van der Waals surface area contributed by atoms with Crippen molar-refractivity contribution in [3.8, 4) is 5.82 Å².